The molecule has 5 nitrogen and oxygen atoms in total. The molecule has 0 aromatic heterocycles. The van der Waals surface area contributed by atoms with E-state index >= 15 is 0 Å². The van der Waals surface area contributed by atoms with Gasteiger partial charge in [0, 0.05) is 9.61 Å². The van der Waals surface area contributed by atoms with E-state index in [-0.39, 0.29) is 28.5 Å². The summed E-state index contributed by atoms with van der Waals surface area (Å²) in [4.78, 5) is 23.3. The lowest BCUT2D eigenvalue weighted by Gasteiger charge is -2.11. The third-order valence-corrected chi connectivity index (χ3v) is 5.43. The summed E-state index contributed by atoms with van der Waals surface area (Å²) in [6, 6.07) is 4.59. The maximum absolute atomic E-state index is 12.1. The number of hydrogen-bond donors (Lipinski definition) is 3. The number of benzene rings is 1. The van der Waals surface area contributed by atoms with Crippen LogP contribution in [0.3, 0.4) is 0 Å². The number of carbonyl (C=O) groups excluding carboxylic acids is 1. The van der Waals surface area contributed by atoms with Crippen LogP contribution in [0.25, 0.3) is 0 Å². The quantitative estimate of drug-likeness (QED) is 0.677. The molecule has 0 saturated heterocycles. The zero-order valence-electron chi connectivity index (χ0n) is 12.5. The molecule has 1 saturated carbocycles. The van der Waals surface area contributed by atoms with Crippen molar-refractivity contribution in [3.8, 4) is 0 Å². The van der Waals surface area contributed by atoms with Gasteiger partial charge in [-0.3, -0.25) is 0 Å². The second-order valence-electron chi connectivity index (χ2n) is 6.47. The third kappa shape index (κ3) is 2.86. The largest absolute Gasteiger partial charge is 0.478 e. The monoisotopic (exact) mass is 402 g/mol. The zero-order valence-corrected chi connectivity index (χ0v) is 14.6. The molecule has 1 aromatic rings. The summed E-state index contributed by atoms with van der Waals surface area (Å²) in [6.45, 7) is 8.41. The van der Waals surface area contributed by atoms with Crippen LogP contribution in [0, 0.1) is 14.4 Å². The lowest BCUT2D eigenvalue weighted by atomic mass is 10.0. The van der Waals surface area contributed by atoms with Crippen LogP contribution in [-0.4, -0.2) is 23.1 Å². The number of carboxylic acid groups (broad SMARTS) is 1. The van der Waals surface area contributed by atoms with Gasteiger partial charge in [-0.25, -0.2) is 9.59 Å². The van der Waals surface area contributed by atoms with Crippen molar-refractivity contribution in [1.29, 1.82) is 0 Å². The standard InChI is InChI=1S/C15H19IN2O3/c1-14(2)12(15(14,3)4)18-13(21)17-10-6-5-8(16)7-9(10)11(19)20/h5-7,12H,1-4H3,(H,19,20)(H2,17,18,21). The molecule has 0 aliphatic heterocycles. The SMILES string of the molecule is CC1(C)C(NC(=O)Nc2ccc(I)cc2C(=O)O)C1(C)C. The fraction of sp³-hybridized carbons (Fsp3) is 0.467. The number of urea groups is 1. The molecule has 2 rings (SSSR count). The topological polar surface area (TPSA) is 78.4 Å². The smallest absolute Gasteiger partial charge is 0.337 e. The second kappa shape index (κ2) is 5.15. The molecule has 6 heteroatoms. The van der Waals surface area contributed by atoms with Crippen molar-refractivity contribution in [1.82, 2.24) is 5.32 Å². The molecule has 1 fully saturated rings. The van der Waals surface area contributed by atoms with Gasteiger partial charge in [-0.05, 0) is 51.6 Å². The van der Waals surface area contributed by atoms with Crippen LogP contribution in [0.5, 0.6) is 0 Å². The van der Waals surface area contributed by atoms with Crippen molar-refractivity contribution >= 4 is 40.3 Å². The van der Waals surface area contributed by atoms with Gasteiger partial charge in [0.25, 0.3) is 0 Å². The van der Waals surface area contributed by atoms with Crippen molar-refractivity contribution < 1.29 is 14.7 Å². The van der Waals surface area contributed by atoms with Gasteiger partial charge in [-0.15, -0.1) is 0 Å². The average Bonchev–Trinajstić information content (AvgIpc) is 2.74. The van der Waals surface area contributed by atoms with E-state index in [1.54, 1.807) is 12.1 Å². The van der Waals surface area contributed by atoms with Crippen molar-refractivity contribution in [2.24, 2.45) is 10.8 Å². The molecule has 0 radical (unpaired) electrons. The van der Waals surface area contributed by atoms with Gasteiger partial charge in [-0.1, -0.05) is 27.7 Å². The number of halogens is 1. The van der Waals surface area contributed by atoms with Crippen LogP contribution >= 0.6 is 22.6 Å². The molecule has 1 aliphatic carbocycles. The first-order chi connectivity index (χ1) is 9.57. The first-order valence-electron chi connectivity index (χ1n) is 6.67. The summed E-state index contributed by atoms with van der Waals surface area (Å²) in [5, 5.41) is 14.7. The van der Waals surface area contributed by atoms with Crippen molar-refractivity contribution in [2.75, 3.05) is 5.32 Å². The number of hydrogen-bond acceptors (Lipinski definition) is 2. The summed E-state index contributed by atoms with van der Waals surface area (Å²) in [6.07, 6.45) is 0. The van der Waals surface area contributed by atoms with Gasteiger partial charge in [0.1, 0.15) is 0 Å². The van der Waals surface area contributed by atoms with Crippen LogP contribution in [0.4, 0.5) is 10.5 Å². The van der Waals surface area contributed by atoms with E-state index < -0.39 is 5.97 Å². The van der Waals surface area contributed by atoms with Crippen LogP contribution in [0.1, 0.15) is 38.1 Å². The van der Waals surface area contributed by atoms with E-state index in [0.717, 1.165) is 3.57 Å². The molecule has 0 spiro atoms. The average molecular weight is 402 g/mol. The Hall–Kier alpha value is -1.31. The summed E-state index contributed by atoms with van der Waals surface area (Å²) in [7, 11) is 0. The van der Waals surface area contributed by atoms with Crippen LogP contribution in [-0.2, 0) is 0 Å². The van der Waals surface area contributed by atoms with Gasteiger partial charge in [-0.2, -0.15) is 0 Å². The number of anilines is 1. The lowest BCUT2D eigenvalue weighted by molar-refractivity contribution is 0.0698. The Balaban J connectivity index is 2.10. The molecule has 0 heterocycles. The van der Waals surface area contributed by atoms with Gasteiger partial charge in [0.2, 0.25) is 0 Å². The van der Waals surface area contributed by atoms with Gasteiger partial charge in [0.15, 0.2) is 0 Å². The summed E-state index contributed by atoms with van der Waals surface area (Å²) in [5.41, 5.74) is 0.459. The molecule has 0 atom stereocenters. The predicted octanol–water partition coefficient (Wildman–Crippen LogP) is 3.55. The molecule has 1 aromatic carbocycles. The molecule has 114 valence electrons. The first-order valence-corrected chi connectivity index (χ1v) is 7.75. The van der Waals surface area contributed by atoms with E-state index in [4.69, 9.17) is 0 Å². The fourth-order valence-corrected chi connectivity index (χ4v) is 3.14. The van der Waals surface area contributed by atoms with Crippen molar-refractivity contribution in [2.45, 2.75) is 33.7 Å². The molecule has 0 unspecified atom stereocenters. The molecule has 1 aliphatic rings. The van der Waals surface area contributed by atoms with Crippen LogP contribution < -0.4 is 10.6 Å². The Kier molecular flexibility index (Phi) is 3.94. The minimum absolute atomic E-state index is 0.0338. The van der Waals surface area contributed by atoms with Crippen molar-refractivity contribution in [3.05, 3.63) is 27.3 Å². The zero-order chi connectivity index (χ0) is 16.0. The van der Waals surface area contributed by atoms with Gasteiger partial charge < -0.3 is 15.7 Å². The van der Waals surface area contributed by atoms with E-state index in [2.05, 4.69) is 38.3 Å². The molecule has 2 amide bonds. The Morgan fingerprint density at radius 2 is 1.76 bits per heavy atom. The highest BCUT2D eigenvalue weighted by atomic mass is 127. The Morgan fingerprint density at radius 3 is 2.24 bits per heavy atom. The number of rotatable bonds is 3. The number of nitrogens with one attached hydrogen (secondary N) is 2. The van der Waals surface area contributed by atoms with Gasteiger partial charge >= 0.3 is 12.0 Å². The maximum atomic E-state index is 12.1. The summed E-state index contributed by atoms with van der Waals surface area (Å²) < 4.78 is 0.806. The normalized spacial score (nSPS) is 18.9. The highest BCUT2D eigenvalue weighted by Crippen LogP contribution is 2.62. The maximum Gasteiger partial charge on any atom is 0.337 e. The number of carboxylic acids is 1. The Labute approximate surface area is 137 Å². The highest BCUT2D eigenvalue weighted by Gasteiger charge is 2.65. The first kappa shape index (κ1) is 16.1. The molecular formula is C15H19IN2O3. The fourth-order valence-electron chi connectivity index (χ4n) is 2.65. The highest BCUT2D eigenvalue weighted by molar-refractivity contribution is 14.1. The number of aromatic carboxylic acids is 1. The molecular weight excluding hydrogens is 383 g/mol. The van der Waals surface area contributed by atoms with E-state index in [9.17, 15) is 14.7 Å². The Bertz CT molecular complexity index is 597. The summed E-state index contributed by atoms with van der Waals surface area (Å²) >= 11 is 2.04. The minimum Gasteiger partial charge on any atom is -0.478 e. The number of carbonyl (C=O) groups is 2. The minimum atomic E-state index is -1.06. The second-order valence-corrected chi connectivity index (χ2v) is 7.72. The molecule has 0 bridgehead atoms. The van der Waals surface area contributed by atoms with Gasteiger partial charge in [0.05, 0.1) is 11.3 Å². The van der Waals surface area contributed by atoms with E-state index in [1.165, 1.54) is 6.07 Å². The molecule has 3 N–H and O–H groups in total. The van der Waals surface area contributed by atoms with Crippen molar-refractivity contribution in [3.63, 3.8) is 0 Å². The number of amides is 2. The predicted molar refractivity (Wildman–Crippen MR) is 89.6 cm³/mol. The molecule has 21 heavy (non-hydrogen) atoms. The Morgan fingerprint density at radius 1 is 1.19 bits per heavy atom. The summed E-state index contributed by atoms with van der Waals surface area (Å²) in [5.74, 6) is -1.06. The van der Waals surface area contributed by atoms with E-state index in [0.29, 0.717) is 5.69 Å². The third-order valence-electron chi connectivity index (χ3n) is 4.76. The van der Waals surface area contributed by atoms with Crippen LogP contribution in [0.15, 0.2) is 18.2 Å². The lowest BCUT2D eigenvalue weighted by Crippen LogP contribution is -2.34. The van der Waals surface area contributed by atoms with E-state index in [1.807, 2.05) is 22.6 Å². The van der Waals surface area contributed by atoms with Crippen LogP contribution in [0.2, 0.25) is 0 Å².